The van der Waals surface area contributed by atoms with E-state index in [0.717, 1.165) is 0 Å². The fourth-order valence-corrected chi connectivity index (χ4v) is 0.285. The first-order valence-electron chi connectivity index (χ1n) is 2.97. The number of hydrogen-bond acceptors (Lipinski definition) is 1. The Hall–Kier alpha value is -1.23. The van der Waals surface area contributed by atoms with Crippen molar-refractivity contribution in [1.29, 1.82) is 0 Å². The highest BCUT2D eigenvalue weighted by atomic mass is 16.4. The Morgan fingerprint density at radius 3 is 2.40 bits per heavy atom. The Kier molecular flexibility index (Phi) is 3.27. The molecule has 0 unspecified atom stereocenters. The topological polar surface area (TPSA) is 37.3 Å². The van der Waals surface area contributed by atoms with E-state index in [4.69, 9.17) is 5.11 Å². The second-order valence-electron chi connectivity index (χ2n) is 2.21. The Bertz CT molecular complexity index is 203. The molecule has 0 bridgehead atoms. The zero-order valence-electron chi connectivity index (χ0n) is 6.14. The predicted molar refractivity (Wildman–Crippen MR) is 39.4 cm³/mol. The maximum absolute atomic E-state index is 10.1. The SMILES string of the molecule is C=C(C#CC(C)C)C(=O)O. The van der Waals surface area contributed by atoms with E-state index in [1.165, 1.54) is 0 Å². The Morgan fingerprint density at radius 1 is 1.60 bits per heavy atom. The Balaban J connectivity index is 4.06. The van der Waals surface area contributed by atoms with Gasteiger partial charge >= 0.3 is 5.97 Å². The summed E-state index contributed by atoms with van der Waals surface area (Å²) in [5.41, 5.74) is -0.0475. The summed E-state index contributed by atoms with van der Waals surface area (Å²) in [5, 5.41) is 8.29. The normalized spacial score (nSPS) is 8.30. The van der Waals surface area contributed by atoms with Gasteiger partial charge in [-0.05, 0) is 0 Å². The molecule has 0 atom stereocenters. The lowest BCUT2D eigenvalue weighted by Crippen LogP contribution is -1.95. The maximum atomic E-state index is 10.1. The minimum Gasteiger partial charge on any atom is -0.477 e. The Morgan fingerprint density at radius 2 is 2.10 bits per heavy atom. The molecule has 0 saturated heterocycles. The third-order valence-corrected chi connectivity index (χ3v) is 0.770. The van der Waals surface area contributed by atoms with Crippen molar-refractivity contribution in [2.24, 2.45) is 5.92 Å². The molecule has 0 amide bonds. The molecule has 54 valence electrons. The monoisotopic (exact) mass is 138 g/mol. The van der Waals surface area contributed by atoms with Crippen LogP contribution in [0.25, 0.3) is 0 Å². The molecule has 1 N–H and O–H groups in total. The Labute approximate surface area is 60.6 Å². The van der Waals surface area contributed by atoms with Crippen LogP contribution in [0.5, 0.6) is 0 Å². The van der Waals surface area contributed by atoms with E-state index in [1.54, 1.807) is 0 Å². The zero-order valence-corrected chi connectivity index (χ0v) is 6.14. The van der Waals surface area contributed by atoms with Crippen LogP contribution in [0, 0.1) is 17.8 Å². The van der Waals surface area contributed by atoms with Crippen molar-refractivity contribution in [3.8, 4) is 11.8 Å². The van der Waals surface area contributed by atoms with E-state index < -0.39 is 5.97 Å². The highest BCUT2D eigenvalue weighted by Crippen LogP contribution is 1.90. The van der Waals surface area contributed by atoms with Crippen LogP contribution in [0.1, 0.15) is 13.8 Å². The van der Waals surface area contributed by atoms with Crippen LogP contribution < -0.4 is 0 Å². The first-order valence-corrected chi connectivity index (χ1v) is 2.97. The van der Waals surface area contributed by atoms with Gasteiger partial charge in [0.1, 0.15) is 5.57 Å². The van der Waals surface area contributed by atoms with Gasteiger partial charge in [0.2, 0.25) is 0 Å². The molecule has 0 saturated carbocycles. The zero-order chi connectivity index (χ0) is 8.15. The maximum Gasteiger partial charge on any atom is 0.343 e. The molecular weight excluding hydrogens is 128 g/mol. The van der Waals surface area contributed by atoms with Crippen LogP contribution in [-0.2, 0) is 4.79 Å². The molecule has 0 aromatic heterocycles. The van der Waals surface area contributed by atoms with Crippen LogP contribution in [0.2, 0.25) is 0 Å². The number of hydrogen-bond donors (Lipinski definition) is 1. The van der Waals surface area contributed by atoms with Gasteiger partial charge < -0.3 is 5.11 Å². The van der Waals surface area contributed by atoms with Crippen molar-refractivity contribution in [2.45, 2.75) is 13.8 Å². The minimum atomic E-state index is -1.05. The first-order chi connectivity index (χ1) is 4.54. The molecule has 0 aliphatic heterocycles. The summed E-state index contributed by atoms with van der Waals surface area (Å²) in [6, 6.07) is 0. The van der Waals surface area contributed by atoms with Crippen molar-refractivity contribution >= 4 is 5.97 Å². The van der Waals surface area contributed by atoms with E-state index >= 15 is 0 Å². The summed E-state index contributed by atoms with van der Waals surface area (Å²) in [6.07, 6.45) is 0. The van der Waals surface area contributed by atoms with Gasteiger partial charge in [-0.25, -0.2) is 4.79 Å². The smallest absolute Gasteiger partial charge is 0.343 e. The second-order valence-corrected chi connectivity index (χ2v) is 2.21. The molecule has 10 heavy (non-hydrogen) atoms. The van der Waals surface area contributed by atoms with Gasteiger partial charge in [-0.1, -0.05) is 32.3 Å². The molecule has 0 aromatic rings. The fraction of sp³-hybridized carbons (Fsp3) is 0.375. The summed E-state index contributed by atoms with van der Waals surface area (Å²) < 4.78 is 0. The molecular formula is C8H10O2. The van der Waals surface area contributed by atoms with E-state index in [0.29, 0.717) is 0 Å². The molecule has 0 heterocycles. The quantitative estimate of drug-likeness (QED) is 0.438. The number of rotatable bonds is 1. The van der Waals surface area contributed by atoms with Crippen LogP contribution in [-0.4, -0.2) is 11.1 Å². The highest BCUT2D eigenvalue weighted by Gasteiger charge is 1.96. The lowest BCUT2D eigenvalue weighted by atomic mass is 10.2. The van der Waals surface area contributed by atoms with Gasteiger partial charge in [0.05, 0.1) is 0 Å². The van der Waals surface area contributed by atoms with Crippen LogP contribution >= 0.6 is 0 Å². The summed E-state index contributed by atoms with van der Waals surface area (Å²) in [4.78, 5) is 10.1. The molecule has 0 aromatic carbocycles. The van der Waals surface area contributed by atoms with Crippen molar-refractivity contribution in [3.05, 3.63) is 12.2 Å². The summed E-state index contributed by atoms with van der Waals surface area (Å²) >= 11 is 0. The van der Waals surface area contributed by atoms with E-state index in [2.05, 4.69) is 18.4 Å². The van der Waals surface area contributed by atoms with Crippen molar-refractivity contribution in [2.75, 3.05) is 0 Å². The van der Waals surface area contributed by atoms with Crippen molar-refractivity contribution < 1.29 is 9.90 Å². The van der Waals surface area contributed by atoms with Gasteiger partial charge in [0.25, 0.3) is 0 Å². The van der Waals surface area contributed by atoms with Crippen LogP contribution in [0.15, 0.2) is 12.2 Å². The molecule has 0 spiro atoms. The molecule has 0 aliphatic carbocycles. The van der Waals surface area contributed by atoms with Crippen molar-refractivity contribution in [1.82, 2.24) is 0 Å². The number of carboxylic acids is 1. The lowest BCUT2D eigenvalue weighted by molar-refractivity contribution is -0.132. The van der Waals surface area contributed by atoms with Crippen LogP contribution in [0.3, 0.4) is 0 Å². The molecule has 0 radical (unpaired) electrons. The summed E-state index contributed by atoms with van der Waals surface area (Å²) in [7, 11) is 0. The molecule has 0 fully saturated rings. The van der Waals surface area contributed by atoms with E-state index in [1.807, 2.05) is 13.8 Å². The molecule has 0 aliphatic rings. The van der Waals surface area contributed by atoms with Gasteiger partial charge in [-0.3, -0.25) is 0 Å². The molecule has 2 nitrogen and oxygen atoms in total. The first kappa shape index (κ1) is 8.77. The summed E-state index contributed by atoms with van der Waals surface area (Å²) in [6.45, 7) is 7.04. The second kappa shape index (κ2) is 3.73. The predicted octanol–water partition coefficient (Wildman–Crippen LogP) is 1.29. The largest absolute Gasteiger partial charge is 0.477 e. The summed E-state index contributed by atoms with van der Waals surface area (Å²) in [5.74, 6) is 4.28. The van der Waals surface area contributed by atoms with Gasteiger partial charge in [-0.2, -0.15) is 0 Å². The average Bonchev–Trinajstić information content (AvgIpc) is 1.82. The third kappa shape index (κ3) is 3.73. The molecule has 2 heteroatoms. The number of carboxylic acid groups (broad SMARTS) is 1. The van der Waals surface area contributed by atoms with Gasteiger partial charge in [-0.15, -0.1) is 0 Å². The van der Waals surface area contributed by atoms with Crippen molar-refractivity contribution in [3.63, 3.8) is 0 Å². The standard InChI is InChI=1S/C8H10O2/c1-6(2)4-5-7(3)8(9)10/h6H,3H2,1-2H3,(H,9,10). The number of aliphatic carboxylic acids is 1. The minimum absolute atomic E-state index is 0.0475. The number of carbonyl (C=O) groups is 1. The van der Waals surface area contributed by atoms with Crippen LogP contribution in [0.4, 0.5) is 0 Å². The molecule has 0 rings (SSSR count). The highest BCUT2D eigenvalue weighted by molar-refractivity contribution is 5.90. The van der Waals surface area contributed by atoms with Gasteiger partial charge in [0.15, 0.2) is 0 Å². The lowest BCUT2D eigenvalue weighted by Gasteiger charge is -1.87. The fourth-order valence-electron chi connectivity index (χ4n) is 0.285. The van der Waals surface area contributed by atoms with E-state index in [9.17, 15) is 4.79 Å². The average molecular weight is 138 g/mol. The third-order valence-electron chi connectivity index (χ3n) is 0.770. The van der Waals surface area contributed by atoms with Gasteiger partial charge in [0, 0.05) is 5.92 Å². The van der Waals surface area contributed by atoms with E-state index in [-0.39, 0.29) is 11.5 Å².